The van der Waals surface area contributed by atoms with E-state index in [1.807, 2.05) is 16.9 Å². The van der Waals surface area contributed by atoms with E-state index in [0.717, 1.165) is 51.5 Å². The van der Waals surface area contributed by atoms with E-state index in [9.17, 15) is 13.2 Å². The van der Waals surface area contributed by atoms with Gasteiger partial charge in [-0.1, -0.05) is 12.8 Å². The number of rotatable bonds is 6. The van der Waals surface area contributed by atoms with Crippen LogP contribution in [0.3, 0.4) is 0 Å². The molecule has 1 saturated heterocycles. The summed E-state index contributed by atoms with van der Waals surface area (Å²) in [6.07, 6.45) is 10.5. The maximum atomic E-state index is 13.2. The lowest BCUT2D eigenvalue weighted by molar-refractivity contribution is -0.137. The average Bonchev–Trinajstić information content (AvgIpc) is 3.31. The zero-order valence-corrected chi connectivity index (χ0v) is 16.0. The number of nitrogens with zero attached hydrogens (tertiary/aromatic N) is 3. The summed E-state index contributed by atoms with van der Waals surface area (Å²) >= 11 is 0. The quantitative estimate of drug-likeness (QED) is 0.759. The monoisotopic (exact) mass is 380 g/mol. The molecule has 144 valence electrons. The number of aromatic nitrogens is 2. The van der Waals surface area contributed by atoms with Crippen molar-refractivity contribution in [3.8, 4) is 0 Å². The Bertz CT molecular complexity index is 744. The molecule has 3 aliphatic rings. The molecule has 1 aromatic heterocycles. The van der Waals surface area contributed by atoms with E-state index in [1.165, 1.54) is 0 Å². The normalized spacial score (nSPS) is 31.3. The Morgan fingerprint density at radius 1 is 1.23 bits per heavy atom. The second-order valence-corrected chi connectivity index (χ2v) is 9.92. The molecular formula is C18H28N4O3S. The van der Waals surface area contributed by atoms with Gasteiger partial charge in [0.25, 0.3) is 0 Å². The minimum Gasteiger partial charge on any atom is -0.356 e. The molecule has 0 unspecified atom stereocenters. The summed E-state index contributed by atoms with van der Waals surface area (Å²) in [5.74, 6) is 0.170. The highest BCUT2D eigenvalue weighted by Crippen LogP contribution is 2.50. The molecule has 1 aromatic rings. The highest BCUT2D eigenvalue weighted by molar-refractivity contribution is 7.89. The molecule has 7 nitrogen and oxygen atoms in total. The average molecular weight is 381 g/mol. The summed E-state index contributed by atoms with van der Waals surface area (Å²) < 4.78 is 28.9. The molecule has 4 rings (SSSR count). The van der Waals surface area contributed by atoms with Crippen LogP contribution in [0.1, 0.15) is 51.4 Å². The van der Waals surface area contributed by atoms with Crippen molar-refractivity contribution in [2.45, 2.75) is 70.0 Å². The number of carbonyl (C=O) groups excluding carboxylic acids is 1. The SMILES string of the molecule is O=C(NCCCn1cccn1)[C@@]12CCCC[C@H]1N(C1CC1)S(=O)(=O)CC2. The number of nitrogens with one attached hydrogen (secondary N) is 1. The van der Waals surface area contributed by atoms with Gasteiger partial charge in [-0.15, -0.1) is 0 Å². The van der Waals surface area contributed by atoms with E-state index in [1.54, 1.807) is 10.5 Å². The molecule has 1 N–H and O–H groups in total. The largest absolute Gasteiger partial charge is 0.356 e. The molecular weight excluding hydrogens is 352 g/mol. The lowest BCUT2D eigenvalue weighted by atomic mass is 9.67. The fourth-order valence-corrected chi connectivity index (χ4v) is 6.93. The number of sulfonamides is 1. The van der Waals surface area contributed by atoms with Crippen LogP contribution in [0, 0.1) is 5.41 Å². The Morgan fingerprint density at radius 3 is 2.81 bits per heavy atom. The predicted molar refractivity (Wildman–Crippen MR) is 97.8 cm³/mol. The number of aryl methyl sites for hydroxylation is 1. The maximum absolute atomic E-state index is 13.2. The summed E-state index contributed by atoms with van der Waals surface area (Å²) in [4.78, 5) is 13.2. The molecule has 1 amide bonds. The molecule has 0 radical (unpaired) electrons. The van der Waals surface area contributed by atoms with Crippen molar-refractivity contribution in [3.63, 3.8) is 0 Å². The predicted octanol–water partition coefficient (Wildman–Crippen LogP) is 1.52. The Balaban J connectivity index is 1.44. The summed E-state index contributed by atoms with van der Waals surface area (Å²) in [7, 11) is -3.22. The number of amides is 1. The van der Waals surface area contributed by atoms with Gasteiger partial charge in [-0.25, -0.2) is 8.42 Å². The van der Waals surface area contributed by atoms with Gasteiger partial charge >= 0.3 is 0 Å². The van der Waals surface area contributed by atoms with Crippen molar-refractivity contribution in [2.24, 2.45) is 5.41 Å². The molecule has 8 heteroatoms. The van der Waals surface area contributed by atoms with Crippen LogP contribution < -0.4 is 5.32 Å². The fourth-order valence-electron chi connectivity index (χ4n) is 4.73. The van der Waals surface area contributed by atoms with E-state index in [0.29, 0.717) is 13.0 Å². The summed E-state index contributed by atoms with van der Waals surface area (Å²) in [6, 6.07) is 1.88. The highest BCUT2D eigenvalue weighted by atomic mass is 32.2. The fraction of sp³-hybridized carbons (Fsp3) is 0.778. The second kappa shape index (κ2) is 6.96. The first-order valence-corrected chi connectivity index (χ1v) is 11.4. The second-order valence-electron chi connectivity index (χ2n) is 7.92. The van der Waals surface area contributed by atoms with Crippen LogP contribution in [-0.2, 0) is 21.4 Å². The van der Waals surface area contributed by atoms with E-state index in [4.69, 9.17) is 0 Å². The number of hydrogen-bond acceptors (Lipinski definition) is 4. The smallest absolute Gasteiger partial charge is 0.227 e. The van der Waals surface area contributed by atoms with E-state index >= 15 is 0 Å². The third-order valence-electron chi connectivity index (χ3n) is 6.19. The van der Waals surface area contributed by atoms with Crippen molar-refractivity contribution >= 4 is 15.9 Å². The van der Waals surface area contributed by atoms with Crippen LogP contribution in [0.2, 0.25) is 0 Å². The maximum Gasteiger partial charge on any atom is 0.227 e. The van der Waals surface area contributed by atoms with Crippen molar-refractivity contribution in [3.05, 3.63) is 18.5 Å². The molecule has 1 aliphatic heterocycles. The Hall–Kier alpha value is -1.41. The van der Waals surface area contributed by atoms with Crippen LogP contribution in [0.25, 0.3) is 0 Å². The van der Waals surface area contributed by atoms with Gasteiger partial charge in [-0.05, 0) is 44.6 Å². The van der Waals surface area contributed by atoms with Crippen LogP contribution in [0.15, 0.2) is 18.5 Å². The third-order valence-corrected chi connectivity index (χ3v) is 8.11. The topological polar surface area (TPSA) is 84.3 Å². The minimum absolute atomic E-state index is 0.0585. The molecule has 2 atom stereocenters. The Kier molecular flexibility index (Phi) is 4.81. The highest BCUT2D eigenvalue weighted by Gasteiger charge is 2.58. The summed E-state index contributed by atoms with van der Waals surface area (Å²) in [6.45, 7) is 1.37. The van der Waals surface area contributed by atoms with Gasteiger partial charge in [0.2, 0.25) is 15.9 Å². The van der Waals surface area contributed by atoms with E-state index < -0.39 is 15.4 Å². The number of hydrogen-bond donors (Lipinski definition) is 1. The molecule has 2 heterocycles. The first-order chi connectivity index (χ1) is 12.5. The first-order valence-electron chi connectivity index (χ1n) is 9.80. The lowest BCUT2D eigenvalue weighted by Gasteiger charge is -2.51. The molecule has 26 heavy (non-hydrogen) atoms. The molecule has 2 saturated carbocycles. The molecule has 2 aliphatic carbocycles. The van der Waals surface area contributed by atoms with Crippen LogP contribution in [-0.4, -0.2) is 52.8 Å². The van der Waals surface area contributed by atoms with Gasteiger partial charge in [-0.2, -0.15) is 9.40 Å². The van der Waals surface area contributed by atoms with Crippen LogP contribution in [0.4, 0.5) is 0 Å². The van der Waals surface area contributed by atoms with Crippen molar-refractivity contribution in [1.29, 1.82) is 0 Å². The number of carbonyl (C=O) groups is 1. The number of fused-ring (bicyclic) bond motifs is 1. The summed E-state index contributed by atoms with van der Waals surface area (Å²) in [5, 5.41) is 7.28. The zero-order chi connectivity index (χ0) is 18.2. The molecule has 0 aromatic carbocycles. The lowest BCUT2D eigenvalue weighted by Crippen LogP contribution is -2.63. The first kappa shape index (κ1) is 18.0. The van der Waals surface area contributed by atoms with Crippen LogP contribution >= 0.6 is 0 Å². The van der Waals surface area contributed by atoms with Gasteiger partial charge in [-0.3, -0.25) is 9.48 Å². The van der Waals surface area contributed by atoms with Gasteiger partial charge in [0.1, 0.15) is 0 Å². The third kappa shape index (κ3) is 3.29. The minimum atomic E-state index is -3.22. The summed E-state index contributed by atoms with van der Waals surface area (Å²) in [5.41, 5.74) is -0.530. The standard InChI is InChI=1S/C18H28N4O3S/c23-17(19-10-3-12-21-13-4-11-20-21)18-8-2-1-5-16(18)22(15-6-7-15)26(24,25)14-9-18/h4,11,13,15-16H,1-3,5-10,12,14H2,(H,19,23)/t16-,18-/m1/s1. The van der Waals surface area contributed by atoms with Crippen LogP contribution in [0.5, 0.6) is 0 Å². The molecule has 3 fully saturated rings. The zero-order valence-electron chi connectivity index (χ0n) is 15.1. The van der Waals surface area contributed by atoms with E-state index in [2.05, 4.69) is 10.4 Å². The van der Waals surface area contributed by atoms with E-state index in [-0.39, 0.29) is 23.7 Å². The van der Waals surface area contributed by atoms with Gasteiger partial charge in [0.05, 0.1) is 11.2 Å². The van der Waals surface area contributed by atoms with Crippen molar-refractivity contribution < 1.29 is 13.2 Å². The Labute approximate surface area is 155 Å². The van der Waals surface area contributed by atoms with Crippen molar-refractivity contribution in [1.82, 2.24) is 19.4 Å². The Morgan fingerprint density at radius 2 is 2.08 bits per heavy atom. The molecule has 0 bridgehead atoms. The van der Waals surface area contributed by atoms with Gasteiger partial charge in [0, 0.05) is 37.6 Å². The van der Waals surface area contributed by atoms with Gasteiger partial charge < -0.3 is 5.32 Å². The van der Waals surface area contributed by atoms with Crippen molar-refractivity contribution in [2.75, 3.05) is 12.3 Å². The van der Waals surface area contributed by atoms with Gasteiger partial charge in [0.15, 0.2) is 0 Å². The molecule has 0 spiro atoms.